The average molecular weight is 442 g/mol. The van der Waals surface area contributed by atoms with E-state index in [-0.39, 0.29) is 29.4 Å². The molecule has 2 aromatic carbocycles. The molecule has 0 saturated carbocycles. The van der Waals surface area contributed by atoms with E-state index in [1.807, 2.05) is 0 Å². The lowest BCUT2D eigenvalue weighted by Gasteiger charge is -2.24. The zero-order chi connectivity index (χ0) is 22.3. The molecule has 2 heterocycles. The summed E-state index contributed by atoms with van der Waals surface area (Å²) in [5.41, 5.74) is -0.0451. The first-order valence-electron chi connectivity index (χ1n) is 9.73. The molecule has 0 aliphatic carbocycles. The third-order valence-electron chi connectivity index (χ3n) is 5.62. The van der Waals surface area contributed by atoms with Crippen molar-refractivity contribution in [2.24, 2.45) is 0 Å². The lowest BCUT2D eigenvalue weighted by molar-refractivity contribution is 0.0740. The molecule has 9 nitrogen and oxygen atoms in total. The lowest BCUT2D eigenvalue weighted by Crippen LogP contribution is -2.40. The predicted octanol–water partition coefficient (Wildman–Crippen LogP) is 0.785. The van der Waals surface area contributed by atoms with E-state index in [9.17, 15) is 22.8 Å². The van der Waals surface area contributed by atoms with Crippen molar-refractivity contribution < 1.29 is 13.2 Å². The van der Waals surface area contributed by atoms with Gasteiger partial charge in [0.2, 0.25) is 10.0 Å². The molecule has 1 unspecified atom stereocenters. The second-order valence-corrected chi connectivity index (χ2v) is 9.63. The summed E-state index contributed by atoms with van der Waals surface area (Å²) in [6.07, 6.45) is 1.70. The van der Waals surface area contributed by atoms with E-state index in [0.717, 1.165) is 10.8 Å². The van der Waals surface area contributed by atoms with Gasteiger partial charge < -0.3 is 9.88 Å². The molecule has 162 valence electrons. The van der Waals surface area contributed by atoms with Crippen LogP contribution in [0.4, 0.5) is 0 Å². The van der Waals surface area contributed by atoms with Gasteiger partial charge in [-0.15, -0.1) is 0 Å². The van der Waals surface area contributed by atoms with E-state index in [2.05, 4.69) is 4.98 Å². The van der Waals surface area contributed by atoms with Gasteiger partial charge in [0.15, 0.2) is 0 Å². The number of fused-ring (bicyclic) bond motifs is 1. The normalized spacial score (nSPS) is 17.2. The Balaban J connectivity index is 1.66. The number of para-hydroxylation sites is 1. The first-order valence-corrected chi connectivity index (χ1v) is 11.6. The maximum Gasteiger partial charge on any atom is 0.333 e. The maximum atomic E-state index is 13.0. The fraction of sp³-hybridized carbons (Fsp3) is 0.286. The predicted molar refractivity (Wildman–Crippen MR) is 117 cm³/mol. The molecule has 1 N–H and O–H groups in total. The van der Waals surface area contributed by atoms with Crippen LogP contribution in [-0.2, 0) is 10.0 Å². The third-order valence-corrected chi connectivity index (χ3v) is 6.89. The van der Waals surface area contributed by atoms with E-state index >= 15 is 0 Å². The SMILES string of the molecule is CN(C(=O)c1ccc2c(=O)n(-c3ccccc3)c(=O)[nH]c2c1)C1CCN(S(C)(=O)=O)C1. The number of nitrogens with zero attached hydrogens (tertiary/aromatic N) is 3. The Kier molecular flexibility index (Phi) is 5.28. The molecule has 1 amide bonds. The van der Waals surface area contributed by atoms with Crippen molar-refractivity contribution in [2.45, 2.75) is 12.5 Å². The Morgan fingerprint density at radius 2 is 1.84 bits per heavy atom. The Labute approximate surface area is 178 Å². The second kappa shape index (κ2) is 7.78. The number of benzene rings is 2. The molecule has 1 aromatic heterocycles. The molecule has 0 bridgehead atoms. The number of aromatic nitrogens is 2. The molecular formula is C21H22N4O5S. The van der Waals surface area contributed by atoms with E-state index in [1.54, 1.807) is 43.4 Å². The van der Waals surface area contributed by atoms with E-state index < -0.39 is 21.3 Å². The van der Waals surface area contributed by atoms with Crippen molar-refractivity contribution in [3.8, 4) is 5.69 Å². The largest absolute Gasteiger partial charge is 0.337 e. The van der Waals surface area contributed by atoms with Gasteiger partial charge in [-0.05, 0) is 36.8 Å². The highest BCUT2D eigenvalue weighted by atomic mass is 32.2. The molecule has 4 rings (SSSR count). The van der Waals surface area contributed by atoms with Crippen LogP contribution >= 0.6 is 0 Å². The minimum absolute atomic E-state index is 0.243. The van der Waals surface area contributed by atoms with Crippen molar-refractivity contribution in [3.63, 3.8) is 0 Å². The smallest absolute Gasteiger partial charge is 0.333 e. The highest BCUT2D eigenvalue weighted by molar-refractivity contribution is 7.88. The molecule has 1 fully saturated rings. The van der Waals surface area contributed by atoms with Crippen molar-refractivity contribution in [3.05, 3.63) is 74.9 Å². The van der Waals surface area contributed by atoms with Gasteiger partial charge in [0.1, 0.15) is 0 Å². The minimum atomic E-state index is -3.31. The van der Waals surface area contributed by atoms with Crippen LogP contribution in [0.3, 0.4) is 0 Å². The minimum Gasteiger partial charge on any atom is -0.337 e. The Morgan fingerprint density at radius 3 is 2.48 bits per heavy atom. The zero-order valence-corrected chi connectivity index (χ0v) is 17.9. The van der Waals surface area contributed by atoms with Crippen molar-refractivity contribution in [2.75, 3.05) is 26.4 Å². The number of carbonyl (C=O) groups excluding carboxylic acids is 1. The van der Waals surface area contributed by atoms with Gasteiger partial charge in [-0.25, -0.2) is 22.1 Å². The van der Waals surface area contributed by atoms with Gasteiger partial charge in [0.25, 0.3) is 11.5 Å². The van der Waals surface area contributed by atoms with Gasteiger partial charge >= 0.3 is 5.69 Å². The number of aromatic amines is 1. The number of sulfonamides is 1. The van der Waals surface area contributed by atoms with Crippen LogP contribution in [0, 0.1) is 0 Å². The first kappa shape index (κ1) is 21.0. The molecule has 10 heteroatoms. The molecule has 0 spiro atoms. The molecule has 31 heavy (non-hydrogen) atoms. The van der Waals surface area contributed by atoms with Crippen LogP contribution in [0.25, 0.3) is 16.6 Å². The summed E-state index contributed by atoms with van der Waals surface area (Å²) in [6.45, 7) is 0.610. The van der Waals surface area contributed by atoms with Crippen LogP contribution in [-0.4, -0.2) is 65.5 Å². The summed E-state index contributed by atoms with van der Waals surface area (Å²) in [5, 5.41) is 0.284. The zero-order valence-electron chi connectivity index (χ0n) is 17.1. The monoisotopic (exact) mass is 442 g/mol. The van der Waals surface area contributed by atoms with E-state index in [4.69, 9.17) is 0 Å². The average Bonchev–Trinajstić information content (AvgIpc) is 3.24. The lowest BCUT2D eigenvalue weighted by atomic mass is 10.1. The maximum absolute atomic E-state index is 13.0. The van der Waals surface area contributed by atoms with Gasteiger partial charge in [0, 0.05) is 31.7 Å². The highest BCUT2D eigenvalue weighted by Crippen LogP contribution is 2.20. The van der Waals surface area contributed by atoms with Crippen LogP contribution in [0.5, 0.6) is 0 Å². The van der Waals surface area contributed by atoms with Crippen LogP contribution in [0.1, 0.15) is 16.8 Å². The van der Waals surface area contributed by atoms with E-state index in [0.29, 0.717) is 24.2 Å². The van der Waals surface area contributed by atoms with Crippen LogP contribution in [0.2, 0.25) is 0 Å². The number of amides is 1. The molecule has 1 aliphatic rings. The molecular weight excluding hydrogens is 420 g/mol. The molecule has 1 atom stereocenters. The summed E-state index contributed by atoms with van der Waals surface area (Å²) in [5.74, 6) is -0.310. The number of rotatable bonds is 4. The van der Waals surface area contributed by atoms with Crippen LogP contribution < -0.4 is 11.2 Å². The number of nitrogens with one attached hydrogen (secondary N) is 1. The van der Waals surface area contributed by atoms with E-state index in [1.165, 1.54) is 21.3 Å². The standard InChI is InChI=1S/C21H22N4O5S/c1-23(16-10-11-24(13-16)31(2,29)30)19(26)14-8-9-17-18(12-14)22-21(28)25(20(17)27)15-6-4-3-5-7-15/h3-9,12,16H,10-11,13H2,1-2H3,(H,22,28). The quantitative estimate of drug-likeness (QED) is 0.642. The Hall–Kier alpha value is -3.24. The third kappa shape index (κ3) is 3.91. The fourth-order valence-electron chi connectivity index (χ4n) is 3.86. The summed E-state index contributed by atoms with van der Waals surface area (Å²) in [4.78, 5) is 42.6. The van der Waals surface area contributed by atoms with Crippen molar-refractivity contribution >= 4 is 26.8 Å². The van der Waals surface area contributed by atoms with Crippen LogP contribution in [0.15, 0.2) is 58.1 Å². The molecule has 1 aliphatic heterocycles. The number of likely N-dealkylation sites (N-methyl/N-ethyl adjacent to an activating group) is 1. The summed E-state index contributed by atoms with van der Waals surface area (Å²) < 4.78 is 25.9. The molecule has 1 saturated heterocycles. The van der Waals surface area contributed by atoms with Crippen molar-refractivity contribution in [1.82, 2.24) is 18.8 Å². The van der Waals surface area contributed by atoms with Gasteiger partial charge in [-0.1, -0.05) is 18.2 Å². The molecule has 3 aromatic rings. The molecule has 0 radical (unpaired) electrons. The first-order chi connectivity index (χ1) is 14.7. The van der Waals surface area contributed by atoms with Gasteiger partial charge in [0.05, 0.1) is 22.8 Å². The summed E-state index contributed by atoms with van der Waals surface area (Å²) in [7, 11) is -1.68. The van der Waals surface area contributed by atoms with Gasteiger partial charge in [-0.3, -0.25) is 9.59 Å². The Bertz CT molecular complexity index is 1380. The number of H-pyrrole nitrogens is 1. The topological polar surface area (TPSA) is 113 Å². The van der Waals surface area contributed by atoms with Crippen molar-refractivity contribution in [1.29, 1.82) is 0 Å². The fourth-order valence-corrected chi connectivity index (χ4v) is 4.74. The number of hydrogen-bond donors (Lipinski definition) is 1. The number of hydrogen-bond acceptors (Lipinski definition) is 5. The second-order valence-electron chi connectivity index (χ2n) is 7.65. The highest BCUT2D eigenvalue weighted by Gasteiger charge is 2.33. The summed E-state index contributed by atoms with van der Waals surface area (Å²) in [6, 6.07) is 12.9. The number of carbonyl (C=O) groups is 1. The summed E-state index contributed by atoms with van der Waals surface area (Å²) >= 11 is 0. The Morgan fingerprint density at radius 1 is 1.13 bits per heavy atom. The van der Waals surface area contributed by atoms with Gasteiger partial charge in [-0.2, -0.15) is 0 Å².